The number of carbonyl (C=O) groups excluding carboxylic acids is 1. The van der Waals surface area contributed by atoms with Crippen LogP contribution in [0.4, 0.5) is 0 Å². The van der Waals surface area contributed by atoms with E-state index in [0.29, 0.717) is 0 Å². The lowest BCUT2D eigenvalue weighted by atomic mass is 9.98. The zero-order valence-corrected chi connectivity index (χ0v) is 10.6. The van der Waals surface area contributed by atoms with Crippen molar-refractivity contribution in [2.75, 3.05) is 7.05 Å². The van der Waals surface area contributed by atoms with Gasteiger partial charge in [0.1, 0.15) is 5.78 Å². The van der Waals surface area contributed by atoms with E-state index in [1.54, 1.807) is 6.92 Å². The van der Waals surface area contributed by atoms with Gasteiger partial charge in [-0.25, -0.2) is 0 Å². The number of Topliss-reactive ketones (excluding diaryl/α,β-unsaturated/α-hetero) is 1. The highest BCUT2D eigenvalue weighted by atomic mass is 16.1. The van der Waals surface area contributed by atoms with Crippen molar-refractivity contribution in [3.63, 3.8) is 0 Å². The van der Waals surface area contributed by atoms with Gasteiger partial charge in [-0.15, -0.1) is 0 Å². The van der Waals surface area contributed by atoms with E-state index in [1.165, 1.54) is 5.56 Å². The molecule has 0 fully saturated rings. The maximum Gasteiger partial charge on any atom is 0.134 e. The maximum absolute atomic E-state index is 11.3. The van der Waals surface area contributed by atoms with Crippen LogP contribution in [0.25, 0.3) is 0 Å². The van der Waals surface area contributed by atoms with Crippen LogP contribution >= 0.6 is 0 Å². The highest BCUT2D eigenvalue weighted by Gasteiger charge is 2.20. The van der Waals surface area contributed by atoms with E-state index in [4.69, 9.17) is 0 Å². The van der Waals surface area contributed by atoms with Crippen LogP contribution in [0.3, 0.4) is 0 Å². The predicted octanol–water partition coefficient (Wildman–Crippen LogP) is 2.73. The molecule has 0 amide bonds. The summed E-state index contributed by atoms with van der Waals surface area (Å²) >= 11 is 0. The fraction of sp³-hybridized carbons (Fsp3) is 0.500. The first-order valence-electron chi connectivity index (χ1n) is 5.77. The molecule has 0 radical (unpaired) electrons. The average Bonchev–Trinajstić information content (AvgIpc) is 2.28. The van der Waals surface area contributed by atoms with Gasteiger partial charge in [-0.3, -0.25) is 9.69 Å². The summed E-state index contributed by atoms with van der Waals surface area (Å²) in [7, 11) is 2.07. The number of carbonyl (C=O) groups is 1. The van der Waals surface area contributed by atoms with Gasteiger partial charge in [0, 0.05) is 18.5 Å². The number of hydrogen-bond donors (Lipinski definition) is 0. The second-order valence-corrected chi connectivity index (χ2v) is 4.54. The number of benzene rings is 1. The van der Waals surface area contributed by atoms with E-state index >= 15 is 0 Å². The molecule has 2 heteroatoms. The Kier molecular flexibility index (Phi) is 4.69. The molecule has 88 valence electrons. The molecule has 2 atom stereocenters. The molecule has 0 aliphatic rings. The number of nitrogens with zero attached hydrogens (tertiary/aromatic N) is 1. The summed E-state index contributed by atoms with van der Waals surface area (Å²) in [4.78, 5) is 13.5. The third-order valence-electron chi connectivity index (χ3n) is 3.33. The van der Waals surface area contributed by atoms with Crippen LogP contribution in [-0.2, 0) is 11.3 Å². The average molecular weight is 219 g/mol. The zero-order valence-electron chi connectivity index (χ0n) is 10.6. The van der Waals surface area contributed by atoms with Crippen LogP contribution in [0.15, 0.2) is 30.3 Å². The van der Waals surface area contributed by atoms with Gasteiger partial charge in [0.25, 0.3) is 0 Å². The Morgan fingerprint density at radius 3 is 2.31 bits per heavy atom. The van der Waals surface area contributed by atoms with Crippen molar-refractivity contribution in [3.8, 4) is 0 Å². The Balaban J connectivity index is 2.58. The van der Waals surface area contributed by atoms with Crippen molar-refractivity contribution >= 4 is 5.78 Å². The monoisotopic (exact) mass is 219 g/mol. The van der Waals surface area contributed by atoms with Crippen molar-refractivity contribution in [2.45, 2.75) is 33.4 Å². The Hall–Kier alpha value is -1.15. The Labute approximate surface area is 98.3 Å². The normalized spacial score (nSPS) is 14.8. The molecule has 1 rings (SSSR count). The van der Waals surface area contributed by atoms with Crippen LogP contribution in [0.2, 0.25) is 0 Å². The summed E-state index contributed by atoms with van der Waals surface area (Å²) in [6.07, 6.45) is 0. The van der Waals surface area contributed by atoms with Gasteiger partial charge in [-0.2, -0.15) is 0 Å². The van der Waals surface area contributed by atoms with Crippen molar-refractivity contribution in [3.05, 3.63) is 35.9 Å². The third kappa shape index (κ3) is 3.46. The summed E-state index contributed by atoms with van der Waals surface area (Å²) in [6, 6.07) is 10.6. The van der Waals surface area contributed by atoms with Crippen LogP contribution in [0.1, 0.15) is 26.3 Å². The summed E-state index contributed by atoms with van der Waals surface area (Å²) in [5, 5.41) is 0. The van der Waals surface area contributed by atoms with Crippen LogP contribution in [0, 0.1) is 5.92 Å². The van der Waals surface area contributed by atoms with Gasteiger partial charge in [-0.1, -0.05) is 37.3 Å². The highest BCUT2D eigenvalue weighted by molar-refractivity contribution is 5.78. The molecule has 1 aromatic rings. The Bertz CT molecular complexity index is 334. The van der Waals surface area contributed by atoms with Crippen LogP contribution in [0.5, 0.6) is 0 Å². The molecule has 0 aromatic heterocycles. The molecule has 1 aromatic carbocycles. The number of rotatable bonds is 5. The summed E-state index contributed by atoms with van der Waals surface area (Å²) in [5.41, 5.74) is 1.28. The summed E-state index contributed by atoms with van der Waals surface area (Å²) < 4.78 is 0. The van der Waals surface area contributed by atoms with Gasteiger partial charge in [-0.05, 0) is 26.5 Å². The maximum atomic E-state index is 11.3. The SMILES string of the molecule is CC(=O)C(C)C(C)N(C)Cc1ccccc1. The van der Waals surface area contributed by atoms with Crippen molar-refractivity contribution in [2.24, 2.45) is 5.92 Å². The molecule has 16 heavy (non-hydrogen) atoms. The predicted molar refractivity (Wildman–Crippen MR) is 67.2 cm³/mol. The van der Waals surface area contributed by atoms with Crippen LogP contribution < -0.4 is 0 Å². The summed E-state index contributed by atoms with van der Waals surface area (Å²) in [5.74, 6) is 0.348. The first-order valence-corrected chi connectivity index (χ1v) is 5.77. The topological polar surface area (TPSA) is 20.3 Å². The van der Waals surface area contributed by atoms with E-state index in [2.05, 4.69) is 31.0 Å². The standard InChI is InChI=1S/C14H21NO/c1-11(13(3)16)12(2)15(4)10-14-8-6-5-7-9-14/h5-9,11-12H,10H2,1-4H3. The molecule has 2 unspecified atom stereocenters. The minimum absolute atomic E-state index is 0.0914. The van der Waals surface area contributed by atoms with Gasteiger partial charge in [0.15, 0.2) is 0 Å². The quantitative estimate of drug-likeness (QED) is 0.759. The molecule has 0 saturated carbocycles. The van der Waals surface area contributed by atoms with E-state index in [9.17, 15) is 4.79 Å². The lowest BCUT2D eigenvalue weighted by Crippen LogP contribution is -2.36. The molecule has 0 saturated heterocycles. The third-order valence-corrected chi connectivity index (χ3v) is 3.33. The lowest BCUT2D eigenvalue weighted by Gasteiger charge is -2.28. The largest absolute Gasteiger partial charge is 0.300 e. The molecule has 2 nitrogen and oxygen atoms in total. The van der Waals surface area contributed by atoms with Gasteiger partial charge < -0.3 is 0 Å². The minimum atomic E-state index is 0.0914. The van der Waals surface area contributed by atoms with Crippen LogP contribution in [-0.4, -0.2) is 23.8 Å². The zero-order chi connectivity index (χ0) is 12.1. The minimum Gasteiger partial charge on any atom is -0.300 e. The van der Waals surface area contributed by atoms with Gasteiger partial charge >= 0.3 is 0 Å². The van der Waals surface area contributed by atoms with Crippen molar-refractivity contribution in [1.29, 1.82) is 0 Å². The first kappa shape index (κ1) is 12.9. The highest BCUT2D eigenvalue weighted by Crippen LogP contribution is 2.13. The molecule has 0 heterocycles. The lowest BCUT2D eigenvalue weighted by molar-refractivity contribution is -0.122. The molecule has 0 N–H and O–H groups in total. The Morgan fingerprint density at radius 2 is 1.81 bits per heavy atom. The van der Waals surface area contributed by atoms with Gasteiger partial charge in [0.05, 0.1) is 0 Å². The van der Waals surface area contributed by atoms with Gasteiger partial charge in [0.2, 0.25) is 0 Å². The second-order valence-electron chi connectivity index (χ2n) is 4.54. The van der Waals surface area contributed by atoms with Crippen molar-refractivity contribution in [1.82, 2.24) is 4.90 Å². The number of ketones is 1. The number of hydrogen-bond acceptors (Lipinski definition) is 2. The molecule has 0 bridgehead atoms. The molecule has 0 aliphatic heterocycles. The van der Waals surface area contributed by atoms with E-state index in [0.717, 1.165) is 6.54 Å². The first-order chi connectivity index (χ1) is 7.52. The van der Waals surface area contributed by atoms with E-state index < -0.39 is 0 Å². The second kappa shape index (κ2) is 5.80. The van der Waals surface area contributed by atoms with Crippen molar-refractivity contribution < 1.29 is 4.79 Å². The molecular weight excluding hydrogens is 198 g/mol. The molecule has 0 spiro atoms. The fourth-order valence-corrected chi connectivity index (χ4v) is 1.74. The summed E-state index contributed by atoms with van der Waals surface area (Å²) in [6.45, 7) is 6.65. The fourth-order valence-electron chi connectivity index (χ4n) is 1.74. The molecular formula is C14H21NO. The van der Waals surface area contributed by atoms with E-state index in [-0.39, 0.29) is 17.7 Å². The Morgan fingerprint density at radius 1 is 1.25 bits per heavy atom. The van der Waals surface area contributed by atoms with E-state index in [1.807, 2.05) is 25.1 Å². The molecule has 0 aliphatic carbocycles. The smallest absolute Gasteiger partial charge is 0.134 e.